The summed E-state index contributed by atoms with van der Waals surface area (Å²) in [4.78, 5) is 13.1. The van der Waals surface area contributed by atoms with Gasteiger partial charge >= 0.3 is 0 Å². The highest BCUT2D eigenvalue weighted by Gasteiger charge is 2.33. The van der Waals surface area contributed by atoms with Crippen LogP contribution in [0, 0.1) is 0 Å². The van der Waals surface area contributed by atoms with E-state index >= 15 is 0 Å². The highest BCUT2D eigenvalue weighted by Crippen LogP contribution is 2.42. The van der Waals surface area contributed by atoms with E-state index < -0.39 is 0 Å². The van der Waals surface area contributed by atoms with Gasteiger partial charge in [-0.3, -0.25) is 0 Å². The van der Waals surface area contributed by atoms with Gasteiger partial charge in [0.25, 0.3) is 0 Å². The van der Waals surface area contributed by atoms with Gasteiger partial charge in [0.1, 0.15) is 18.2 Å². The SMILES string of the molecule is CCc1ccccc1N1c2cncnc2N(C)C1C. The molecule has 2 aromatic rings. The van der Waals surface area contributed by atoms with E-state index in [1.807, 2.05) is 6.20 Å². The van der Waals surface area contributed by atoms with Crippen LogP contribution in [0.2, 0.25) is 0 Å². The molecule has 4 nitrogen and oxygen atoms in total. The maximum Gasteiger partial charge on any atom is 0.157 e. The van der Waals surface area contributed by atoms with Crippen LogP contribution < -0.4 is 9.80 Å². The van der Waals surface area contributed by atoms with Crippen molar-refractivity contribution in [1.29, 1.82) is 0 Å². The molecule has 0 saturated heterocycles. The molecule has 3 rings (SSSR count). The first kappa shape index (κ1) is 12.0. The Balaban J connectivity index is 2.15. The van der Waals surface area contributed by atoms with E-state index in [9.17, 15) is 0 Å². The van der Waals surface area contributed by atoms with Crippen molar-refractivity contribution < 1.29 is 0 Å². The van der Waals surface area contributed by atoms with E-state index in [2.05, 4.69) is 64.9 Å². The van der Waals surface area contributed by atoms with E-state index in [-0.39, 0.29) is 6.17 Å². The minimum atomic E-state index is 0.249. The van der Waals surface area contributed by atoms with Crippen LogP contribution in [0.15, 0.2) is 36.8 Å². The zero-order valence-electron chi connectivity index (χ0n) is 11.5. The summed E-state index contributed by atoms with van der Waals surface area (Å²) in [5.41, 5.74) is 3.68. The Morgan fingerprint density at radius 2 is 2.00 bits per heavy atom. The molecule has 0 N–H and O–H groups in total. The van der Waals surface area contributed by atoms with Crippen LogP contribution >= 0.6 is 0 Å². The molecule has 0 radical (unpaired) electrons. The van der Waals surface area contributed by atoms with E-state index in [4.69, 9.17) is 0 Å². The lowest BCUT2D eigenvalue weighted by Crippen LogP contribution is -2.36. The monoisotopic (exact) mass is 254 g/mol. The number of nitrogens with zero attached hydrogens (tertiary/aromatic N) is 4. The van der Waals surface area contributed by atoms with Crippen molar-refractivity contribution in [2.24, 2.45) is 0 Å². The minimum absolute atomic E-state index is 0.249. The highest BCUT2D eigenvalue weighted by atomic mass is 15.4. The van der Waals surface area contributed by atoms with Gasteiger partial charge in [0.05, 0.1) is 6.20 Å². The number of aromatic nitrogens is 2. The molecule has 1 aliphatic heterocycles. The van der Waals surface area contributed by atoms with Crippen LogP contribution in [0.25, 0.3) is 0 Å². The maximum atomic E-state index is 4.40. The summed E-state index contributed by atoms with van der Waals surface area (Å²) in [5.74, 6) is 0.994. The maximum absolute atomic E-state index is 4.40. The third kappa shape index (κ3) is 1.75. The quantitative estimate of drug-likeness (QED) is 0.824. The number of anilines is 3. The zero-order valence-corrected chi connectivity index (χ0v) is 11.5. The summed E-state index contributed by atoms with van der Waals surface area (Å²) in [7, 11) is 2.07. The molecule has 1 aromatic heterocycles. The number of aryl methyl sites for hydroxylation is 1. The van der Waals surface area contributed by atoms with Crippen molar-refractivity contribution in [3.05, 3.63) is 42.4 Å². The second kappa shape index (κ2) is 4.53. The summed E-state index contributed by atoms with van der Waals surface area (Å²) < 4.78 is 0. The van der Waals surface area contributed by atoms with Gasteiger partial charge in [0.2, 0.25) is 0 Å². The highest BCUT2D eigenvalue weighted by molar-refractivity contribution is 5.81. The molecule has 1 aromatic carbocycles. The Morgan fingerprint density at radius 1 is 1.21 bits per heavy atom. The second-order valence-electron chi connectivity index (χ2n) is 4.83. The molecule has 0 amide bonds. The number of para-hydroxylation sites is 1. The fraction of sp³-hybridized carbons (Fsp3) is 0.333. The average Bonchev–Trinajstić information content (AvgIpc) is 2.71. The standard InChI is InChI=1S/C15H18N4/c1-4-12-7-5-6-8-13(12)19-11(2)18(3)15-14(19)9-16-10-17-15/h5-11H,4H2,1-3H3. The van der Waals surface area contributed by atoms with Crippen LogP contribution in [-0.4, -0.2) is 23.2 Å². The van der Waals surface area contributed by atoms with E-state index in [1.165, 1.54) is 11.3 Å². The van der Waals surface area contributed by atoms with Gasteiger partial charge in [-0.25, -0.2) is 9.97 Å². The summed E-state index contributed by atoms with van der Waals surface area (Å²) in [6.07, 6.45) is 4.78. The van der Waals surface area contributed by atoms with Crippen LogP contribution in [-0.2, 0) is 6.42 Å². The summed E-state index contributed by atoms with van der Waals surface area (Å²) in [6, 6.07) is 8.54. The fourth-order valence-electron chi connectivity index (χ4n) is 2.68. The van der Waals surface area contributed by atoms with Gasteiger partial charge < -0.3 is 9.80 Å². The lowest BCUT2D eigenvalue weighted by Gasteiger charge is -2.28. The van der Waals surface area contributed by atoms with Crippen LogP contribution in [0.5, 0.6) is 0 Å². The number of fused-ring (bicyclic) bond motifs is 1. The summed E-state index contributed by atoms with van der Waals surface area (Å²) >= 11 is 0. The van der Waals surface area contributed by atoms with Gasteiger partial charge in [0, 0.05) is 12.7 Å². The first-order valence-corrected chi connectivity index (χ1v) is 6.64. The average molecular weight is 254 g/mol. The molecule has 19 heavy (non-hydrogen) atoms. The van der Waals surface area contributed by atoms with Crippen molar-refractivity contribution in [2.75, 3.05) is 16.8 Å². The van der Waals surface area contributed by atoms with Crippen molar-refractivity contribution in [3.8, 4) is 0 Å². The van der Waals surface area contributed by atoms with Gasteiger partial charge in [-0.05, 0) is 25.0 Å². The molecule has 1 atom stereocenters. The molecule has 0 bridgehead atoms. The van der Waals surface area contributed by atoms with Crippen LogP contribution in [0.1, 0.15) is 19.4 Å². The van der Waals surface area contributed by atoms with Crippen molar-refractivity contribution in [1.82, 2.24) is 9.97 Å². The lowest BCUT2D eigenvalue weighted by molar-refractivity contribution is 0.727. The Hall–Kier alpha value is -2.10. The van der Waals surface area contributed by atoms with E-state index in [0.29, 0.717) is 0 Å². The molecule has 0 aliphatic carbocycles. The molecule has 98 valence electrons. The third-order valence-corrected chi connectivity index (χ3v) is 3.83. The van der Waals surface area contributed by atoms with Gasteiger partial charge in [-0.2, -0.15) is 0 Å². The summed E-state index contributed by atoms with van der Waals surface area (Å²) in [6.45, 7) is 4.37. The van der Waals surface area contributed by atoms with Crippen LogP contribution in [0.3, 0.4) is 0 Å². The van der Waals surface area contributed by atoms with Gasteiger partial charge in [-0.1, -0.05) is 25.1 Å². The number of rotatable bonds is 2. The summed E-state index contributed by atoms with van der Waals surface area (Å²) in [5, 5.41) is 0. The first-order chi connectivity index (χ1) is 9.24. The Labute approximate surface area is 113 Å². The molecule has 0 saturated carbocycles. The molecule has 1 aliphatic rings. The number of hydrogen-bond acceptors (Lipinski definition) is 4. The smallest absolute Gasteiger partial charge is 0.157 e. The molecule has 0 spiro atoms. The van der Waals surface area contributed by atoms with Gasteiger partial charge in [0.15, 0.2) is 5.82 Å². The second-order valence-corrected chi connectivity index (χ2v) is 4.83. The fourth-order valence-corrected chi connectivity index (χ4v) is 2.68. The molecule has 1 unspecified atom stereocenters. The molecule has 2 heterocycles. The molecular weight excluding hydrogens is 236 g/mol. The topological polar surface area (TPSA) is 32.3 Å². The third-order valence-electron chi connectivity index (χ3n) is 3.83. The lowest BCUT2D eigenvalue weighted by atomic mass is 10.1. The van der Waals surface area contributed by atoms with Crippen molar-refractivity contribution in [3.63, 3.8) is 0 Å². The number of hydrogen-bond donors (Lipinski definition) is 0. The molecule has 0 fully saturated rings. The first-order valence-electron chi connectivity index (χ1n) is 6.64. The largest absolute Gasteiger partial charge is 0.337 e. The Morgan fingerprint density at radius 3 is 2.79 bits per heavy atom. The zero-order chi connectivity index (χ0) is 13.4. The molecular formula is C15H18N4. The van der Waals surface area contributed by atoms with Crippen molar-refractivity contribution >= 4 is 17.2 Å². The minimum Gasteiger partial charge on any atom is -0.337 e. The Bertz CT molecular complexity index is 596. The van der Waals surface area contributed by atoms with E-state index in [0.717, 1.165) is 17.9 Å². The van der Waals surface area contributed by atoms with Crippen molar-refractivity contribution in [2.45, 2.75) is 26.4 Å². The predicted octanol–water partition coefficient (Wildman–Crippen LogP) is 2.97. The van der Waals surface area contributed by atoms with E-state index in [1.54, 1.807) is 6.33 Å². The Kier molecular flexibility index (Phi) is 2.85. The normalized spacial score (nSPS) is 17.7. The number of benzene rings is 1. The van der Waals surface area contributed by atoms with Gasteiger partial charge in [-0.15, -0.1) is 0 Å². The molecule has 4 heteroatoms. The van der Waals surface area contributed by atoms with Crippen LogP contribution in [0.4, 0.5) is 17.2 Å². The predicted molar refractivity (Wildman–Crippen MR) is 77.9 cm³/mol.